The van der Waals surface area contributed by atoms with Crippen LogP contribution in [0, 0.1) is 17.8 Å². The molecule has 0 amide bonds. The molecule has 2 fully saturated rings. The molecule has 4 unspecified atom stereocenters. The first-order valence-electron chi connectivity index (χ1n) is 6.70. The third-order valence-corrected chi connectivity index (χ3v) is 6.85. The molecule has 2 bridgehead atoms. The van der Waals surface area contributed by atoms with E-state index in [0.717, 1.165) is 25.2 Å². The maximum Gasteiger partial charge on any atom is 0.181 e. The minimum atomic E-state index is -0.203. The summed E-state index contributed by atoms with van der Waals surface area (Å²) in [5, 5.41) is 0.497. The summed E-state index contributed by atoms with van der Waals surface area (Å²) in [4.78, 5) is 14.8. The maximum absolute atomic E-state index is 12.5. The highest BCUT2D eigenvalue weighted by Gasteiger charge is 2.65. The lowest BCUT2D eigenvalue weighted by Gasteiger charge is -2.37. The fourth-order valence-corrected chi connectivity index (χ4v) is 6.12. The van der Waals surface area contributed by atoms with E-state index < -0.39 is 0 Å². The Morgan fingerprint density at radius 3 is 2.78 bits per heavy atom. The Hall–Kier alpha value is -0.280. The number of hydrogen-bond donors (Lipinski definition) is 0. The molecule has 3 aliphatic carbocycles. The number of halogens is 2. The molecule has 1 saturated heterocycles. The van der Waals surface area contributed by atoms with Gasteiger partial charge in [0.15, 0.2) is 5.78 Å². The van der Waals surface area contributed by atoms with E-state index in [4.69, 9.17) is 11.6 Å². The molecular weight excluding hydrogens is 314 g/mol. The Labute approximate surface area is 120 Å². The summed E-state index contributed by atoms with van der Waals surface area (Å²) in [6.07, 6.45) is 8.00. The van der Waals surface area contributed by atoms with Gasteiger partial charge in [-0.25, -0.2) is 0 Å². The minimum absolute atomic E-state index is 0.0376. The van der Waals surface area contributed by atoms with Gasteiger partial charge in [0.05, 0.1) is 15.9 Å². The van der Waals surface area contributed by atoms with Gasteiger partial charge in [0.2, 0.25) is 0 Å². The molecule has 1 heterocycles. The number of Topliss-reactive ketones (excluding diaryl/α,β-unsaturated/α-hetero) is 1. The van der Waals surface area contributed by atoms with Gasteiger partial charge >= 0.3 is 0 Å². The molecule has 0 N–H and O–H groups in total. The van der Waals surface area contributed by atoms with Gasteiger partial charge < -0.3 is 4.90 Å². The van der Waals surface area contributed by atoms with E-state index >= 15 is 0 Å². The highest BCUT2D eigenvalue weighted by atomic mass is 79.9. The van der Waals surface area contributed by atoms with Gasteiger partial charge in [-0.2, -0.15) is 0 Å². The van der Waals surface area contributed by atoms with Crippen LogP contribution in [0.25, 0.3) is 0 Å². The quantitative estimate of drug-likeness (QED) is 0.544. The SMILES string of the molecule is O=C1C(Cl)=C(N2CCCC2)C2(Br)C3C=CC(C3)C12. The Morgan fingerprint density at radius 1 is 1.33 bits per heavy atom. The van der Waals surface area contributed by atoms with Crippen molar-refractivity contribution in [2.24, 2.45) is 17.8 Å². The predicted octanol–water partition coefficient (Wildman–Crippen LogP) is 3.07. The summed E-state index contributed by atoms with van der Waals surface area (Å²) in [6, 6.07) is 0. The average molecular weight is 329 g/mol. The standard InChI is InChI=1S/C14H15BrClNO/c15-14-9-4-3-8(7-9)10(14)12(18)11(16)13(14)17-5-1-2-6-17/h3-4,8-10H,1-2,5-7H2. The van der Waals surface area contributed by atoms with Crippen LogP contribution in [0.1, 0.15) is 19.3 Å². The number of hydrogen-bond acceptors (Lipinski definition) is 2. The zero-order valence-electron chi connectivity index (χ0n) is 10.0. The van der Waals surface area contributed by atoms with Crippen LogP contribution in [0.15, 0.2) is 22.9 Å². The lowest BCUT2D eigenvalue weighted by atomic mass is 9.83. The first kappa shape index (κ1) is 11.5. The molecule has 4 aliphatic rings. The highest BCUT2D eigenvalue weighted by Crippen LogP contribution is 2.64. The van der Waals surface area contributed by atoms with Crippen LogP contribution >= 0.6 is 27.5 Å². The van der Waals surface area contributed by atoms with Crippen LogP contribution in [0.3, 0.4) is 0 Å². The molecule has 1 aliphatic heterocycles. The molecule has 0 aromatic carbocycles. The third kappa shape index (κ3) is 1.18. The Balaban J connectivity index is 1.84. The second kappa shape index (κ2) is 3.63. The number of alkyl halides is 1. The van der Waals surface area contributed by atoms with Crippen molar-refractivity contribution in [3.8, 4) is 0 Å². The number of carbonyl (C=O) groups excluding carboxylic acids is 1. The largest absolute Gasteiger partial charge is 0.372 e. The van der Waals surface area contributed by atoms with E-state index in [-0.39, 0.29) is 16.0 Å². The molecule has 2 nitrogen and oxygen atoms in total. The number of nitrogens with zero attached hydrogens (tertiary/aromatic N) is 1. The Bertz CT molecular complexity index is 494. The molecule has 4 heteroatoms. The first-order chi connectivity index (χ1) is 8.64. The highest BCUT2D eigenvalue weighted by molar-refractivity contribution is 9.10. The Morgan fingerprint density at radius 2 is 2.06 bits per heavy atom. The normalized spacial score (nSPS) is 45.6. The van der Waals surface area contributed by atoms with E-state index in [1.54, 1.807) is 0 Å². The number of rotatable bonds is 1. The van der Waals surface area contributed by atoms with Crippen LogP contribution < -0.4 is 0 Å². The van der Waals surface area contributed by atoms with E-state index in [2.05, 4.69) is 33.0 Å². The lowest BCUT2D eigenvalue weighted by Crippen LogP contribution is -2.41. The van der Waals surface area contributed by atoms with E-state index in [0.29, 0.717) is 16.9 Å². The van der Waals surface area contributed by atoms with Gasteiger partial charge in [0.1, 0.15) is 5.03 Å². The van der Waals surface area contributed by atoms with Gasteiger partial charge in [-0.15, -0.1) is 0 Å². The summed E-state index contributed by atoms with van der Waals surface area (Å²) in [7, 11) is 0. The summed E-state index contributed by atoms with van der Waals surface area (Å²) >= 11 is 10.3. The molecule has 0 aromatic rings. The second-order valence-electron chi connectivity index (χ2n) is 5.86. The third-order valence-electron chi connectivity index (χ3n) is 5.03. The monoisotopic (exact) mass is 327 g/mol. The second-order valence-corrected chi connectivity index (χ2v) is 7.55. The van der Waals surface area contributed by atoms with Crippen molar-refractivity contribution in [2.45, 2.75) is 23.6 Å². The van der Waals surface area contributed by atoms with Gasteiger partial charge in [-0.05, 0) is 31.1 Å². The number of allylic oxidation sites excluding steroid dienone is 4. The van der Waals surface area contributed by atoms with Crippen LogP contribution in [-0.4, -0.2) is 28.1 Å². The number of ketones is 1. The van der Waals surface area contributed by atoms with Gasteiger partial charge in [-0.1, -0.05) is 39.7 Å². The summed E-state index contributed by atoms with van der Waals surface area (Å²) in [6.45, 7) is 2.08. The van der Waals surface area contributed by atoms with E-state index in [1.807, 2.05) is 0 Å². The van der Waals surface area contributed by atoms with Crippen molar-refractivity contribution in [1.29, 1.82) is 0 Å². The first-order valence-corrected chi connectivity index (χ1v) is 7.87. The summed E-state index contributed by atoms with van der Waals surface area (Å²) in [5.41, 5.74) is 1.09. The van der Waals surface area contributed by atoms with Crippen molar-refractivity contribution >= 4 is 33.3 Å². The predicted molar refractivity (Wildman–Crippen MR) is 74.6 cm³/mol. The van der Waals surface area contributed by atoms with Crippen molar-refractivity contribution in [3.63, 3.8) is 0 Å². The fraction of sp³-hybridized carbons (Fsp3) is 0.643. The fourth-order valence-electron chi connectivity index (χ4n) is 4.28. The van der Waals surface area contributed by atoms with E-state index in [1.165, 1.54) is 12.8 Å². The molecule has 4 rings (SSSR count). The average Bonchev–Trinajstić information content (AvgIpc) is 3.04. The zero-order valence-corrected chi connectivity index (χ0v) is 12.4. The van der Waals surface area contributed by atoms with Crippen LogP contribution in [0.4, 0.5) is 0 Å². The summed E-state index contributed by atoms with van der Waals surface area (Å²) in [5.74, 6) is 1.02. The topological polar surface area (TPSA) is 20.3 Å². The Kier molecular flexibility index (Phi) is 2.33. The van der Waals surface area contributed by atoms with Crippen LogP contribution in [-0.2, 0) is 4.79 Å². The molecule has 0 radical (unpaired) electrons. The van der Waals surface area contributed by atoms with Crippen molar-refractivity contribution in [3.05, 3.63) is 22.9 Å². The number of carbonyl (C=O) groups is 1. The molecular formula is C14H15BrClNO. The van der Waals surface area contributed by atoms with Crippen molar-refractivity contribution < 1.29 is 4.79 Å². The zero-order chi connectivity index (χ0) is 12.5. The molecule has 0 spiro atoms. The maximum atomic E-state index is 12.5. The van der Waals surface area contributed by atoms with Gasteiger partial charge in [0, 0.05) is 13.1 Å². The number of fused-ring (bicyclic) bond motifs is 5. The molecule has 1 saturated carbocycles. The lowest BCUT2D eigenvalue weighted by molar-refractivity contribution is -0.118. The van der Waals surface area contributed by atoms with Crippen molar-refractivity contribution in [2.75, 3.05) is 13.1 Å². The molecule has 96 valence electrons. The van der Waals surface area contributed by atoms with E-state index in [9.17, 15) is 4.79 Å². The minimum Gasteiger partial charge on any atom is -0.372 e. The van der Waals surface area contributed by atoms with Crippen LogP contribution in [0.2, 0.25) is 0 Å². The van der Waals surface area contributed by atoms with Crippen LogP contribution in [0.5, 0.6) is 0 Å². The number of likely N-dealkylation sites (tertiary alicyclic amines) is 1. The molecule has 4 atom stereocenters. The van der Waals surface area contributed by atoms with Gasteiger partial charge in [0.25, 0.3) is 0 Å². The smallest absolute Gasteiger partial charge is 0.181 e. The summed E-state index contributed by atoms with van der Waals surface area (Å²) < 4.78 is -0.203. The molecule has 18 heavy (non-hydrogen) atoms. The van der Waals surface area contributed by atoms with Gasteiger partial charge in [-0.3, -0.25) is 4.79 Å². The molecule has 0 aromatic heterocycles. The van der Waals surface area contributed by atoms with Crippen molar-refractivity contribution in [1.82, 2.24) is 4.90 Å².